The van der Waals surface area contributed by atoms with Crippen LogP contribution in [0.4, 0.5) is 0 Å². The van der Waals surface area contributed by atoms with Crippen LogP contribution < -0.4 is 4.74 Å². The van der Waals surface area contributed by atoms with Crippen LogP contribution in [0, 0.1) is 5.92 Å². The van der Waals surface area contributed by atoms with Crippen molar-refractivity contribution in [3.05, 3.63) is 29.8 Å². The molecule has 2 unspecified atom stereocenters. The van der Waals surface area contributed by atoms with Crippen molar-refractivity contribution < 1.29 is 9.53 Å². The van der Waals surface area contributed by atoms with E-state index in [2.05, 4.69) is 0 Å². The lowest BCUT2D eigenvalue weighted by atomic mass is 10.1. The number of hydrogen-bond acceptors (Lipinski definition) is 2. The number of hydrogen-bond donors (Lipinski definition) is 0. The van der Waals surface area contributed by atoms with E-state index in [4.69, 9.17) is 27.9 Å². The van der Waals surface area contributed by atoms with E-state index in [0.29, 0.717) is 6.42 Å². The fourth-order valence-electron chi connectivity index (χ4n) is 2.14. The topological polar surface area (TPSA) is 29.5 Å². The highest BCUT2D eigenvalue weighted by Crippen LogP contribution is 2.54. The third-order valence-electron chi connectivity index (χ3n) is 3.64. The number of amides is 1. The number of ether oxygens (including phenoxy) is 1. The average molecular weight is 302 g/mol. The largest absolute Gasteiger partial charge is 0.496 e. The molecule has 0 aliphatic heterocycles. The van der Waals surface area contributed by atoms with Gasteiger partial charge in [0.15, 0.2) is 0 Å². The van der Waals surface area contributed by atoms with Crippen LogP contribution in [0.25, 0.3) is 0 Å². The van der Waals surface area contributed by atoms with Gasteiger partial charge in [0.25, 0.3) is 0 Å². The van der Waals surface area contributed by atoms with Crippen molar-refractivity contribution in [2.24, 2.45) is 5.92 Å². The van der Waals surface area contributed by atoms with Crippen molar-refractivity contribution >= 4 is 29.1 Å². The van der Waals surface area contributed by atoms with Crippen LogP contribution in [-0.2, 0) is 4.79 Å². The van der Waals surface area contributed by atoms with Gasteiger partial charge in [0.1, 0.15) is 10.1 Å². The summed E-state index contributed by atoms with van der Waals surface area (Å²) in [4.78, 5) is 13.9. The lowest BCUT2D eigenvalue weighted by Gasteiger charge is -2.27. The molecule has 0 radical (unpaired) electrons. The second-order valence-electron chi connectivity index (χ2n) is 4.88. The molecule has 0 bridgehead atoms. The normalized spacial score (nSPS) is 21.6. The van der Waals surface area contributed by atoms with E-state index in [0.717, 1.165) is 11.3 Å². The highest BCUT2D eigenvalue weighted by Gasteiger charge is 2.57. The second-order valence-corrected chi connectivity index (χ2v) is 6.43. The molecule has 1 amide bonds. The van der Waals surface area contributed by atoms with Crippen LogP contribution in [0.3, 0.4) is 0 Å². The zero-order valence-electron chi connectivity index (χ0n) is 11.2. The molecule has 1 fully saturated rings. The Hall–Kier alpha value is -0.930. The summed E-state index contributed by atoms with van der Waals surface area (Å²) < 4.78 is 4.44. The molecule has 0 N–H and O–H groups in total. The van der Waals surface area contributed by atoms with Crippen molar-refractivity contribution in [1.29, 1.82) is 0 Å². The molecule has 104 valence electrons. The Bertz CT molecular complexity index is 490. The molecule has 0 heterocycles. The Balaban J connectivity index is 2.15. The van der Waals surface area contributed by atoms with E-state index in [9.17, 15) is 4.79 Å². The lowest BCUT2D eigenvalue weighted by Crippen LogP contribution is -2.32. The van der Waals surface area contributed by atoms with Gasteiger partial charge in [-0.25, -0.2) is 0 Å². The summed E-state index contributed by atoms with van der Waals surface area (Å²) in [7, 11) is 3.39. The third-order valence-corrected chi connectivity index (χ3v) is 4.48. The van der Waals surface area contributed by atoms with Gasteiger partial charge in [-0.3, -0.25) is 4.79 Å². The van der Waals surface area contributed by atoms with Crippen LogP contribution in [0.5, 0.6) is 5.75 Å². The van der Waals surface area contributed by atoms with Gasteiger partial charge in [0.05, 0.1) is 19.1 Å². The smallest absolute Gasteiger partial charge is 0.229 e. The van der Waals surface area contributed by atoms with Crippen LogP contribution in [0.2, 0.25) is 0 Å². The Labute approximate surface area is 123 Å². The molecule has 0 saturated heterocycles. The van der Waals surface area contributed by atoms with E-state index >= 15 is 0 Å². The monoisotopic (exact) mass is 301 g/mol. The van der Waals surface area contributed by atoms with Crippen molar-refractivity contribution in [2.75, 3.05) is 14.2 Å². The first-order valence-corrected chi connectivity index (χ1v) is 6.91. The Kier molecular flexibility index (Phi) is 3.98. The van der Waals surface area contributed by atoms with Crippen LogP contribution >= 0.6 is 23.2 Å². The summed E-state index contributed by atoms with van der Waals surface area (Å²) in [6.45, 7) is 1.96. The molecule has 3 nitrogen and oxygen atoms in total. The molecule has 2 rings (SSSR count). The molecular formula is C14H17Cl2NO2. The fraction of sp³-hybridized carbons (Fsp3) is 0.500. The molecule has 1 aromatic rings. The number of para-hydroxylation sites is 1. The summed E-state index contributed by atoms with van der Waals surface area (Å²) in [6, 6.07) is 7.58. The molecule has 19 heavy (non-hydrogen) atoms. The fourth-order valence-corrected chi connectivity index (χ4v) is 2.63. The average Bonchev–Trinajstić information content (AvgIpc) is 3.05. The van der Waals surface area contributed by atoms with Crippen LogP contribution in [0.1, 0.15) is 24.9 Å². The van der Waals surface area contributed by atoms with Crippen molar-refractivity contribution in [1.82, 2.24) is 4.90 Å². The van der Waals surface area contributed by atoms with Gasteiger partial charge in [-0.2, -0.15) is 0 Å². The highest BCUT2D eigenvalue weighted by atomic mass is 35.5. The summed E-state index contributed by atoms with van der Waals surface area (Å²) in [5.74, 6) is 0.454. The molecule has 1 saturated carbocycles. The molecule has 1 aromatic carbocycles. The third kappa shape index (κ3) is 2.82. The first-order valence-electron chi connectivity index (χ1n) is 6.16. The minimum Gasteiger partial charge on any atom is -0.496 e. The maximum absolute atomic E-state index is 12.3. The first kappa shape index (κ1) is 14.5. The predicted octanol–water partition coefficient (Wildman–Crippen LogP) is 3.41. The van der Waals surface area contributed by atoms with Gasteiger partial charge in [-0.15, -0.1) is 23.2 Å². The molecule has 1 aliphatic carbocycles. The maximum atomic E-state index is 12.3. The summed E-state index contributed by atoms with van der Waals surface area (Å²) in [5.41, 5.74) is 0.969. The number of alkyl halides is 2. The van der Waals surface area contributed by atoms with E-state index in [-0.39, 0.29) is 17.9 Å². The van der Waals surface area contributed by atoms with Gasteiger partial charge in [0, 0.05) is 12.6 Å². The van der Waals surface area contributed by atoms with Gasteiger partial charge in [-0.1, -0.05) is 18.2 Å². The van der Waals surface area contributed by atoms with E-state index in [1.54, 1.807) is 19.1 Å². The van der Waals surface area contributed by atoms with Crippen LogP contribution in [0.15, 0.2) is 24.3 Å². The van der Waals surface area contributed by atoms with Crippen molar-refractivity contribution in [2.45, 2.75) is 23.7 Å². The van der Waals surface area contributed by atoms with Gasteiger partial charge >= 0.3 is 0 Å². The molecule has 5 heteroatoms. The van der Waals surface area contributed by atoms with E-state index in [1.165, 1.54) is 0 Å². The standard InChI is InChI=1S/C14H17Cl2NO2/c1-9(10-6-4-5-7-12(10)19-3)17(2)13(18)11-8-14(11,15)16/h4-7,9,11H,8H2,1-3H3. The number of rotatable bonds is 4. The minimum absolute atomic E-state index is 0.0246. The predicted molar refractivity (Wildman–Crippen MR) is 76.7 cm³/mol. The zero-order chi connectivity index (χ0) is 14.2. The van der Waals surface area contributed by atoms with Crippen LogP contribution in [-0.4, -0.2) is 29.3 Å². The van der Waals surface area contributed by atoms with E-state index in [1.807, 2.05) is 31.2 Å². The number of carbonyl (C=O) groups is 1. The van der Waals surface area contributed by atoms with Gasteiger partial charge in [-0.05, 0) is 19.4 Å². The molecule has 0 spiro atoms. The molecular weight excluding hydrogens is 285 g/mol. The Morgan fingerprint density at radius 1 is 1.47 bits per heavy atom. The molecule has 0 aromatic heterocycles. The molecule has 1 aliphatic rings. The number of nitrogens with zero attached hydrogens (tertiary/aromatic N) is 1. The summed E-state index contributed by atoms with van der Waals surface area (Å²) >= 11 is 11.9. The SMILES string of the molecule is COc1ccccc1C(C)N(C)C(=O)C1CC1(Cl)Cl. The quantitative estimate of drug-likeness (QED) is 0.798. The van der Waals surface area contributed by atoms with Crippen molar-refractivity contribution in [3.63, 3.8) is 0 Å². The lowest BCUT2D eigenvalue weighted by molar-refractivity contribution is -0.133. The zero-order valence-corrected chi connectivity index (χ0v) is 12.7. The Morgan fingerprint density at radius 3 is 2.58 bits per heavy atom. The second kappa shape index (κ2) is 5.22. The number of carbonyl (C=O) groups excluding carboxylic acids is 1. The Morgan fingerprint density at radius 2 is 2.05 bits per heavy atom. The van der Waals surface area contributed by atoms with Crippen molar-refractivity contribution in [3.8, 4) is 5.75 Å². The highest BCUT2D eigenvalue weighted by molar-refractivity contribution is 6.52. The summed E-state index contributed by atoms with van der Waals surface area (Å²) in [5, 5.41) is 0. The van der Waals surface area contributed by atoms with Gasteiger partial charge < -0.3 is 9.64 Å². The maximum Gasteiger partial charge on any atom is 0.229 e. The number of halogens is 2. The first-order chi connectivity index (χ1) is 8.88. The number of methoxy groups -OCH3 is 1. The molecule has 2 atom stereocenters. The van der Waals surface area contributed by atoms with E-state index < -0.39 is 4.33 Å². The minimum atomic E-state index is -0.883. The summed E-state index contributed by atoms with van der Waals surface area (Å²) in [6.07, 6.45) is 0.526. The number of benzene rings is 1. The van der Waals surface area contributed by atoms with Gasteiger partial charge in [0.2, 0.25) is 5.91 Å².